The second-order valence-corrected chi connectivity index (χ2v) is 4.60. The van der Waals surface area contributed by atoms with E-state index in [-0.39, 0.29) is 17.4 Å². The number of carbonyl (C=O) groups excluding carboxylic acids is 1. The first kappa shape index (κ1) is 11.9. The highest BCUT2D eigenvalue weighted by molar-refractivity contribution is 5.98. The van der Waals surface area contributed by atoms with Crippen molar-refractivity contribution in [2.45, 2.75) is 19.8 Å². The van der Waals surface area contributed by atoms with E-state index in [9.17, 15) is 9.18 Å². The van der Waals surface area contributed by atoms with E-state index in [0.29, 0.717) is 23.8 Å². The molecule has 1 atom stereocenters. The lowest BCUT2D eigenvalue weighted by molar-refractivity contribution is 0.0930. The van der Waals surface area contributed by atoms with Crippen molar-refractivity contribution in [2.75, 3.05) is 13.7 Å². The summed E-state index contributed by atoms with van der Waals surface area (Å²) < 4.78 is 19.0. The lowest BCUT2D eigenvalue weighted by Crippen LogP contribution is -2.38. The van der Waals surface area contributed by atoms with Crippen LogP contribution in [0.5, 0.6) is 5.75 Å². The Morgan fingerprint density at radius 3 is 2.76 bits per heavy atom. The molecule has 0 radical (unpaired) electrons. The minimum Gasteiger partial charge on any atom is -0.496 e. The van der Waals surface area contributed by atoms with Gasteiger partial charge in [0.1, 0.15) is 11.6 Å². The quantitative estimate of drug-likeness (QED) is 0.857. The fraction of sp³-hybridized carbons (Fsp3) is 0.462. The number of hydrogen-bond donors (Lipinski definition) is 1. The number of benzene rings is 1. The van der Waals surface area contributed by atoms with E-state index in [1.54, 1.807) is 6.07 Å². The summed E-state index contributed by atoms with van der Waals surface area (Å²) in [5.41, 5.74) is 0.834. The predicted octanol–water partition coefficient (Wildman–Crippen LogP) is 2.32. The molecule has 3 nitrogen and oxygen atoms in total. The molecule has 0 saturated heterocycles. The molecular formula is C13H16FNO2. The van der Waals surface area contributed by atoms with E-state index >= 15 is 0 Å². The molecule has 0 saturated carbocycles. The van der Waals surface area contributed by atoms with E-state index in [0.717, 1.165) is 0 Å². The van der Waals surface area contributed by atoms with Gasteiger partial charge in [-0.05, 0) is 18.1 Å². The number of amides is 1. The maximum absolute atomic E-state index is 13.8. The smallest absolute Gasteiger partial charge is 0.254 e. The lowest BCUT2D eigenvalue weighted by atomic mass is 9.82. The van der Waals surface area contributed by atoms with E-state index in [1.807, 2.05) is 0 Å². The van der Waals surface area contributed by atoms with E-state index < -0.39 is 5.82 Å². The third-order valence-corrected chi connectivity index (χ3v) is 3.26. The fourth-order valence-corrected chi connectivity index (χ4v) is 2.31. The molecule has 0 fully saturated rings. The summed E-state index contributed by atoms with van der Waals surface area (Å²) in [6.07, 6.45) is 0. The van der Waals surface area contributed by atoms with Gasteiger partial charge in [0.05, 0.1) is 12.7 Å². The molecule has 1 aliphatic rings. The van der Waals surface area contributed by atoms with Gasteiger partial charge in [-0.2, -0.15) is 0 Å². The van der Waals surface area contributed by atoms with Gasteiger partial charge >= 0.3 is 0 Å². The molecule has 4 heteroatoms. The summed E-state index contributed by atoms with van der Waals surface area (Å²) in [4.78, 5) is 11.7. The van der Waals surface area contributed by atoms with E-state index in [4.69, 9.17) is 4.74 Å². The van der Waals surface area contributed by atoms with Gasteiger partial charge in [0.2, 0.25) is 0 Å². The number of rotatable bonds is 2. The van der Waals surface area contributed by atoms with E-state index in [1.165, 1.54) is 13.2 Å². The molecule has 1 amide bonds. The van der Waals surface area contributed by atoms with Crippen LogP contribution in [0.4, 0.5) is 4.39 Å². The molecule has 1 aromatic rings. The van der Waals surface area contributed by atoms with Crippen LogP contribution in [0, 0.1) is 11.7 Å². The first-order valence-corrected chi connectivity index (χ1v) is 5.70. The molecule has 1 aliphatic heterocycles. The summed E-state index contributed by atoms with van der Waals surface area (Å²) in [5, 5.41) is 2.73. The van der Waals surface area contributed by atoms with Crippen LogP contribution in [-0.2, 0) is 0 Å². The minimum atomic E-state index is -0.483. The van der Waals surface area contributed by atoms with Crippen molar-refractivity contribution in [1.29, 1.82) is 0 Å². The maximum atomic E-state index is 13.8. The molecule has 0 aliphatic carbocycles. The first-order valence-electron chi connectivity index (χ1n) is 5.70. The van der Waals surface area contributed by atoms with Crippen molar-refractivity contribution in [3.8, 4) is 5.75 Å². The summed E-state index contributed by atoms with van der Waals surface area (Å²) in [7, 11) is 1.54. The highest BCUT2D eigenvalue weighted by atomic mass is 19.1. The molecule has 17 heavy (non-hydrogen) atoms. The van der Waals surface area contributed by atoms with Crippen LogP contribution in [-0.4, -0.2) is 19.6 Å². The Hall–Kier alpha value is -1.58. The number of nitrogens with one attached hydrogen (secondary N) is 1. The Bertz CT molecular complexity index is 457. The Labute approximate surface area is 100.0 Å². The van der Waals surface area contributed by atoms with Crippen LogP contribution < -0.4 is 10.1 Å². The van der Waals surface area contributed by atoms with Gasteiger partial charge in [-0.1, -0.05) is 13.8 Å². The highest BCUT2D eigenvalue weighted by Gasteiger charge is 2.32. The average molecular weight is 237 g/mol. The monoisotopic (exact) mass is 237 g/mol. The van der Waals surface area contributed by atoms with Crippen LogP contribution in [0.15, 0.2) is 12.1 Å². The summed E-state index contributed by atoms with van der Waals surface area (Å²) >= 11 is 0. The molecule has 1 N–H and O–H groups in total. The Morgan fingerprint density at radius 1 is 1.47 bits per heavy atom. The highest BCUT2D eigenvalue weighted by Crippen LogP contribution is 2.37. The molecular weight excluding hydrogens is 221 g/mol. The van der Waals surface area contributed by atoms with E-state index in [2.05, 4.69) is 19.2 Å². The van der Waals surface area contributed by atoms with Gasteiger partial charge in [-0.25, -0.2) is 4.39 Å². The summed E-state index contributed by atoms with van der Waals surface area (Å²) in [6, 6.07) is 2.86. The third-order valence-electron chi connectivity index (χ3n) is 3.26. The molecule has 0 bridgehead atoms. The largest absolute Gasteiger partial charge is 0.496 e. The van der Waals surface area contributed by atoms with Gasteiger partial charge in [-0.15, -0.1) is 0 Å². The molecule has 92 valence electrons. The third kappa shape index (κ3) is 1.88. The first-order chi connectivity index (χ1) is 8.06. The maximum Gasteiger partial charge on any atom is 0.254 e. The number of methoxy groups -OCH3 is 1. The second kappa shape index (κ2) is 4.35. The zero-order valence-electron chi connectivity index (χ0n) is 10.2. The van der Waals surface area contributed by atoms with Gasteiger partial charge in [-0.3, -0.25) is 4.79 Å². The Morgan fingerprint density at radius 2 is 2.18 bits per heavy atom. The van der Waals surface area contributed by atoms with Crippen molar-refractivity contribution in [1.82, 2.24) is 5.32 Å². The normalized spacial score (nSPS) is 18.9. The molecule has 1 aromatic carbocycles. The van der Waals surface area contributed by atoms with Gasteiger partial charge in [0, 0.05) is 18.0 Å². The number of halogens is 1. The zero-order chi connectivity index (χ0) is 12.6. The van der Waals surface area contributed by atoms with Crippen molar-refractivity contribution in [3.63, 3.8) is 0 Å². The Balaban J connectivity index is 2.66. The van der Waals surface area contributed by atoms with Crippen molar-refractivity contribution >= 4 is 5.91 Å². The van der Waals surface area contributed by atoms with Crippen molar-refractivity contribution in [2.24, 2.45) is 5.92 Å². The second-order valence-electron chi connectivity index (χ2n) is 4.60. The fourth-order valence-electron chi connectivity index (χ4n) is 2.31. The van der Waals surface area contributed by atoms with Crippen molar-refractivity contribution in [3.05, 3.63) is 29.1 Å². The van der Waals surface area contributed by atoms with Crippen molar-refractivity contribution < 1.29 is 13.9 Å². The molecule has 1 unspecified atom stereocenters. The molecule has 0 aromatic heterocycles. The lowest BCUT2D eigenvalue weighted by Gasteiger charge is -2.30. The van der Waals surface area contributed by atoms with Crippen LogP contribution in [0.1, 0.15) is 35.7 Å². The SMILES string of the molecule is COc1ccc(F)c2c1C(C(C)C)CNC2=O. The minimum absolute atomic E-state index is 0.0911. The van der Waals surface area contributed by atoms with Crippen LogP contribution in [0.2, 0.25) is 0 Å². The van der Waals surface area contributed by atoms with Gasteiger partial charge < -0.3 is 10.1 Å². The molecule has 1 heterocycles. The molecule has 2 rings (SSSR count). The summed E-state index contributed by atoms with van der Waals surface area (Å²) in [6.45, 7) is 4.63. The standard InChI is InChI=1S/C13H16FNO2/c1-7(2)8-6-15-13(16)12-9(14)4-5-10(17-3)11(8)12/h4-5,7-8H,6H2,1-3H3,(H,15,16). The molecule has 0 spiro atoms. The summed E-state index contributed by atoms with van der Waals surface area (Å²) in [5.74, 6) is 0.158. The van der Waals surface area contributed by atoms with Gasteiger partial charge in [0.25, 0.3) is 5.91 Å². The number of fused-ring (bicyclic) bond motifs is 1. The van der Waals surface area contributed by atoms with Gasteiger partial charge in [0.15, 0.2) is 0 Å². The van der Waals surface area contributed by atoms with Crippen LogP contribution in [0.3, 0.4) is 0 Å². The van der Waals surface area contributed by atoms with Crippen LogP contribution in [0.25, 0.3) is 0 Å². The number of carbonyl (C=O) groups is 1. The number of hydrogen-bond acceptors (Lipinski definition) is 2. The number of ether oxygens (including phenoxy) is 1. The zero-order valence-corrected chi connectivity index (χ0v) is 10.2. The predicted molar refractivity (Wildman–Crippen MR) is 62.9 cm³/mol. The Kier molecular flexibility index (Phi) is 3.05. The average Bonchev–Trinajstić information content (AvgIpc) is 2.29. The van der Waals surface area contributed by atoms with Crippen LogP contribution >= 0.6 is 0 Å². The topological polar surface area (TPSA) is 38.3 Å².